The molecular formula is C20H23N3O3. The molecule has 136 valence electrons. The summed E-state index contributed by atoms with van der Waals surface area (Å²) in [6.07, 6.45) is 4.96. The van der Waals surface area contributed by atoms with Gasteiger partial charge >= 0.3 is 5.97 Å². The van der Waals surface area contributed by atoms with Crippen LogP contribution in [-0.4, -0.2) is 38.4 Å². The Balaban J connectivity index is 2.03. The molecule has 1 amide bonds. The minimum Gasteiger partial charge on any atom is -0.478 e. The Bertz CT molecular complexity index is 842. The van der Waals surface area contributed by atoms with Gasteiger partial charge in [-0.15, -0.1) is 0 Å². The zero-order valence-corrected chi connectivity index (χ0v) is 15.3. The Morgan fingerprint density at radius 3 is 2.62 bits per heavy atom. The number of rotatable bonds is 3. The van der Waals surface area contributed by atoms with Crippen molar-refractivity contribution in [2.24, 2.45) is 5.41 Å². The average molecular weight is 353 g/mol. The van der Waals surface area contributed by atoms with Crippen molar-refractivity contribution in [2.75, 3.05) is 6.54 Å². The van der Waals surface area contributed by atoms with E-state index in [9.17, 15) is 14.7 Å². The summed E-state index contributed by atoms with van der Waals surface area (Å²) in [5, 5.41) is 9.25. The Hall–Kier alpha value is -2.76. The third kappa shape index (κ3) is 3.45. The molecular weight excluding hydrogens is 330 g/mol. The average Bonchev–Trinajstić information content (AvgIpc) is 3.09. The lowest BCUT2D eigenvalue weighted by Crippen LogP contribution is -2.39. The lowest BCUT2D eigenvalue weighted by atomic mass is 9.93. The fourth-order valence-electron chi connectivity index (χ4n) is 3.34. The molecule has 1 saturated heterocycles. The van der Waals surface area contributed by atoms with Gasteiger partial charge in [0.15, 0.2) is 0 Å². The Morgan fingerprint density at radius 1 is 1.19 bits per heavy atom. The lowest BCUT2D eigenvalue weighted by molar-refractivity contribution is -0.140. The SMILES string of the molecule is CC(C)(C)C(=O)N1CCC[C@H]1c1nccnc1-c1cccc(C(=O)O)c1. The van der Waals surface area contributed by atoms with E-state index >= 15 is 0 Å². The smallest absolute Gasteiger partial charge is 0.335 e. The van der Waals surface area contributed by atoms with Crippen molar-refractivity contribution in [3.63, 3.8) is 0 Å². The molecule has 1 atom stereocenters. The Kier molecular flexibility index (Phi) is 4.76. The highest BCUT2D eigenvalue weighted by Crippen LogP contribution is 2.37. The molecule has 1 aliphatic rings. The molecule has 0 saturated carbocycles. The summed E-state index contributed by atoms with van der Waals surface area (Å²) < 4.78 is 0. The zero-order chi connectivity index (χ0) is 18.9. The number of benzene rings is 1. The van der Waals surface area contributed by atoms with Crippen LogP contribution in [0, 0.1) is 5.41 Å². The number of nitrogens with zero attached hydrogens (tertiary/aromatic N) is 3. The topological polar surface area (TPSA) is 83.4 Å². The van der Waals surface area contributed by atoms with Crippen LogP contribution in [0.4, 0.5) is 0 Å². The molecule has 0 radical (unpaired) electrons. The number of likely N-dealkylation sites (tertiary alicyclic amines) is 1. The monoisotopic (exact) mass is 353 g/mol. The molecule has 0 aliphatic carbocycles. The Morgan fingerprint density at radius 2 is 1.92 bits per heavy atom. The maximum absolute atomic E-state index is 12.8. The second-order valence-corrected chi connectivity index (χ2v) is 7.58. The van der Waals surface area contributed by atoms with Crippen molar-refractivity contribution >= 4 is 11.9 Å². The standard InChI is InChI=1S/C20H23N3O3/c1-20(2,3)19(26)23-11-5-8-15(23)17-16(21-9-10-22-17)13-6-4-7-14(12-13)18(24)25/h4,6-7,9-10,12,15H,5,8,11H2,1-3H3,(H,24,25)/t15-/m0/s1. The first-order chi connectivity index (χ1) is 12.3. The maximum atomic E-state index is 12.8. The quantitative estimate of drug-likeness (QED) is 0.912. The van der Waals surface area contributed by atoms with Crippen LogP contribution in [0.5, 0.6) is 0 Å². The first kappa shape index (κ1) is 18.0. The number of carboxylic acids is 1. The van der Waals surface area contributed by atoms with Gasteiger partial charge in [0.2, 0.25) is 5.91 Å². The second kappa shape index (κ2) is 6.86. The van der Waals surface area contributed by atoms with Crippen LogP contribution in [-0.2, 0) is 4.79 Å². The summed E-state index contributed by atoms with van der Waals surface area (Å²) in [5.41, 5.74) is 1.80. The van der Waals surface area contributed by atoms with Crippen molar-refractivity contribution in [3.05, 3.63) is 47.9 Å². The van der Waals surface area contributed by atoms with E-state index in [0.29, 0.717) is 17.8 Å². The molecule has 1 N–H and O–H groups in total. The highest BCUT2D eigenvalue weighted by atomic mass is 16.4. The molecule has 0 bridgehead atoms. The van der Waals surface area contributed by atoms with Gasteiger partial charge in [0.25, 0.3) is 0 Å². The van der Waals surface area contributed by atoms with Crippen LogP contribution in [0.15, 0.2) is 36.7 Å². The summed E-state index contributed by atoms with van der Waals surface area (Å²) in [6.45, 7) is 6.45. The van der Waals surface area contributed by atoms with E-state index in [1.807, 2.05) is 31.7 Å². The zero-order valence-electron chi connectivity index (χ0n) is 15.3. The van der Waals surface area contributed by atoms with Crippen LogP contribution in [0.3, 0.4) is 0 Å². The Labute approximate surface area is 152 Å². The van der Waals surface area contributed by atoms with Crippen LogP contribution < -0.4 is 0 Å². The normalized spacial score (nSPS) is 17.3. The van der Waals surface area contributed by atoms with Gasteiger partial charge in [0.1, 0.15) is 0 Å². The van der Waals surface area contributed by atoms with Gasteiger partial charge in [-0.3, -0.25) is 14.8 Å². The molecule has 1 aromatic heterocycles. The van der Waals surface area contributed by atoms with Crippen molar-refractivity contribution in [2.45, 2.75) is 39.7 Å². The fourth-order valence-corrected chi connectivity index (χ4v) is 3.34. The number of carbonyl (C=O) groups is 2. The van der Waals surface area contributed by atoms with Gasteiger partial charge in [-0.25, -0.2) is 4.79 Å². The number of hydrogen-bond donors (Lipinski definition) is 1. The fraction of sp³-hybridized carbons (Fsp3) is 0.400. The van der Waals surface area contributed by atoms with Crippen LogP contribution in [0.2, 0.25) is 0 Å². The van der Waals surface area contributed by atoms with E-state index in [-0.39, 0.29) is 17.5 Å². The highest BCUT2D eigenvalue weighted by Gasteiger charge is 2.37. The van der Waals surface area contributed by atoms with E-state index in [2.05, 4.69) is 9.97 Å². The number of amides is 1. The molecule has 0 spiro atoms. The van der Waals surface area contributed by atoms with Crippen LogP contribution in [0.25, 0.3) is 11.3 Å². The summed E-state index contributed by atoms with van der Waals surface area (Å²) in [7, 11) is 0. The lowest BCUT2D eigenvalue weighted by Gasteiger charge is -2.31. The number of hydrogen-bond acceptors (Lipinski definition) is 4. The number of aromatic carboxylic acids is 1. The minimum atomic E-state index is -0.984. The minimum absolute atomic E-state index is 0.0934. The van der Waals surface area contributed by atoms with Crippen LogP contribution >= 0.6 is 0 Å². The first-order valence-electron chi connectivity index (χ1n) is 8.75. The number of carbonyl (C=O) groups excluding carboxylic acids is 1. The van der Waals surface area contributed by atoms with Crippen molar-refractivity contribution in [1.29, 1.82) is 0 Å². The van der Waals surface area contributed by atoms with Gasteiger partial charge in [-0.1, -0.05) is 32.9 Å². The molecule has 3 rings (SSSR count). The van der Waals surface area contributed by atoms with Gasteiger partial charge in [-0.05, 0) is 25.0 Å². The summed E-state index contributed by atoms with van der Waals surface area (Å²) in [4.78, 5) is 35.0. The van der Waals surface area contributed by atoms with Crippen molar-refractivity contribution in [1.82, 2.24) is 14.9 Å². The molecule has 2 aromatic rings. The molecule has 26 heavy (non-hydrogen) atoms. The van der Waals surface area contributed by atoms with E-state index in [0.717, 1.165) is 18.5 Å². The van der Waals surface area contributed by atoms with Gasteiger partial charge in [-0.2, -0.15) is 0 Å². The van der Waals surface area contributed by atoms with E-state index < -0.39 is 11.4 Å². The molecule has 0 unspecified atom stereocenters. The molecule has 1 fully saturated rings. The van der Waals surface area contributed by atoms with Gasteiger partial charge in [0.05, 0.1) is 23.0 Å². The molecule has 6 heteroatoms. The highest BCUT2D eigenvalue weighted by molar-refractivity contribution is 5.89. The van der Waals surface area contributed by atoms with Crippen molar-refractivity contribution in [3.8, 4) is 11.3 Å². The summed E-state index contributed by atoms with van der Waals surface area (Å²) in [5.74, 6) is -0.890. The van der Waals surface area contributed by atoms with Crippen molar-refractivity contribution < 1.29 is 14.7 Å². The third-order valence-electron chi connectivity index (χ3n) is 4.58. The molecule has 1 aliphatic heterocycles. The van der Waals surface area contributed by atoms with Gasteiger partial charge < -0.3 is 10.0 Å². The predicted molar refractivity (Wildman–Crippen MR) is 97.6 cm³/mol. The van der Waals surface area contributed by atoms with Crippen LogP contribution in [0.1, 0.15) is 55.7 Å². The summed E-state index contributed by atoms with van der Waals surface area (Å²) >= 11 is 0. The van der Waals surface area contributed by atoms with E-state index in [4.69, 9.17) is 0 Å². The third-order valence-corrected chi connectivity index (χ3v) is 4.58. The maximum Gasteiger partial charge on any atom is 0.335 e. The van der Waals surface area contributed by atoms with E-state index in [1.165, 1.54) is 0 Å². The largest absolute Gasteiger partial charge is 0.478 e. The first-order valence-corrected chi connectivity index (χ1v) is 8.75. The molecule has 6 nitrogen and oxygen atoms in total. The second-order valence-electron chi connectivity index (χ2n) is 7.58. The van der Waals surface area contributed by atoms with E-state index in [1.54, 1.807) is 30.6 Å². The number of carboxylic acid groups (broad SMARTS) is 1. The predicted octanol–water partition coefficient (Wildman–Crippen LogP) is 3.55. The van der Waals surface area contributed by atoms with Gasteiger partial charge in [0, 0.05) is 29.9 Å². The molecule has 1 aromatic carbocycles. The molecule has 2 heterocycles. The summed E-state index contributed by atoms with van der Waals surface area (Å²) in [6, 6.07) is 6.53. The number of aromatic nitrogens is 2.